The Hall–Kier alpha value is -0.750. The molecule has 1 fully saturated rings. The summed E-state index contributed by atoms with van der Waals surface area (Å²) >= 11 is 0. The van der Waals surface area contributed by atoms with Crippen LogP contribution < -0.4 is 10.0 Å². The average molecular weight is 255 g/mol. The van der Waals surface area contributed by atoms with Crippen LogP contribution in [-0.4, -0.2) is 18.1 Å². The molecule has 0 radical (unpaired) electrons. The van der Waals surface area contributed by atoms with Gasteiger partial charge in [0.2, 0.25) is 4.90 Å². The van der Waals surface area contributed by atoms with Crippen LogP contribution in [0.2, 0.25) is 0 Å². The van der Waals surface area contributed by atoms with Crippen molar-refractivity contribution in [2.24, 2.45) is 0 Å². The van der Waals surface area contributed by atoms with Gasteiger partial charge in [0, 0.05) is 19.2 Å². The highest BCUT2D eigenvalue weighted by atomic mass is 32.3. The van der Waals surface area contributed by atoms with E-state index in [1.165, 1.54) is 19.9 Å². The van der Waals surface area contributed by atoms with Gasteiger partial charge in [-0.2, -0.15) is 4.55 Å². The third-order valence-electron chi connectivity index (χ3n) is 3.17. The van der Waals surface area contributed by atoms with Gasteiger partial charge in [-0.3, -0.25) is 0 Å². The van der Waals surface area contributed by atoms with E-state index < -0.39 is 10.4 Å². The number of hydrogen-bond acceptors (Lipinski definition) is 2. The van der Waals surface area contributed by atoms with Crippen molar-refractivity contribution >= 4 is 10.4 Å². The highest BCUT2D eigenvalue weighted by Crippen LogP contribution is 2.25. The largest absolute Gasteiger partial charge is 0.322 e. The van der Waals surface area contributed by atoms with Gasteiger partial charge in [-0.15, -0.1) is 4.72 Å². The lowest BCUT2D eigenvalue weighted by atomic mass is 9.98. The zero-order valence-electron chi connectivity index (χ0n) is 9.98. The number of hydrogen-bond donors (Lipinski definition) is 3. The first-order valence-corrected chi connectivity index (χ1v) is 7.43. The lowest BCUT2D eigenvalue weighted by molar-refractivity contribution is 0.411. The third-order valence-corrected chi connectivity index (χ3v) is 4.61. The Bertz CT molecular complexity index is 430. The Kier molecular flexibility index (Phi) is 3.93. The average Bonchev–Trinajstić information content (AvgIpc) is 2.40. The number of piperidine rings is 1. The molecule has 2 unspecified atom stereocenters. The van der Waals surface area contributed by atoms with E-state index in [1.807, 2.05) is 18.2 Å². The lowest BCUT2D eigenvalue weighted by Crippen LogP contribution is -2.28. The molecule has 1 aliphatic heterocycles. The SMILES string of the molecule is CN[S+](=O)(O)c1cccc(C2CCCCN2)c1. The smallest absolute Gasteiger partial charge is 0.310 e. The summed E-state index contributed by atoms with van der Waals surface area (Å²) in [6.45, 7) is 1.02. The van der Waals surface area contributed by atoms with Gasteiger partial charge >= 0.3 is 10.4 Å². The van der Waals surface area contributed by atoms with Gasteiger partial charge < -0.3 is 5.32 Å². The zero-order chi connectivity index (χ0) is 12.3. The number of nitrogens with one attached hydrogen (secondary N) is 2. The van der Waals surface area contributed by atoms with E-state index in [1.54, 1.807) is 6.07 Å². The van der Waals surface area contributed by atoms with Crippen LogP contribution in [0.15, 0.2) is 29.2 Å². The summed E-state index contributed by atoms with van der Waals surface area (Å²) in [6, 6.07) is 7.68. The van der Waals surface area contributed by atoms with Crippen LogP contribution in [0.1, 0.15) is 30.9 Å². The van der Waals surface area contributed by atoms with Crippen LogP contribution in [0.3, 0.4) is 0 Å². The molecule has 4 nitrogen and oxygen atoms in total. The van der Waals surface area contributed by atoms with Gasteiger partial charge in [0.25, 0.3) is 0 Å². The van der Waals surface area contributed by atoms with Crippen molar-refractivity contribution in [3.63, 3.8) is 0 Å². The monoisotopic (exact) mass is 255 g/mol. The van der Waals surface area contributed by atoms with Crippen LogP contribution in [0.5, 0.6) is 0 Å². The van der Waals surface area contributed by atoms with E-state index in [0.29, 0.717) is 10.9 Å². The van der Waals surface area contributed by atoms with Crippen LogP contribution in [0.4, 0.5) is 0 Å². The molecular weight excluding hydrogens is 236 g/mol. The molecule has 0 aliphatic carbocycles. The van der Waals surface area contributed by atoms with Crippen LogP contribution in [0, 0.1) is 0 Å². The van der Waals surface area contributed by atoms with Crippen LogP contribution >= 0.6 is 0 Å². The quantitative estimate of drug-likeness (QED) is 0.724. The molecule has 0 aromatic heterocycles. The summed E-state index contributed by atoms with van der Waals surface area (Å²) in [5.74, 6) is 0. The minimum atomic E-state index is -3.09. The van der Waals surface area contributed by atoms with Crippen molar-refractivity contribution in [1.82, 2.24) is 10.0 Å². The molecule has 0 amide bonds. The van der Waals surface area contributed by atoms with E-state index in [-0.39, 0.29) is 0 Å². The second-order valence-electron chi connectivity index (χ2n) is 4.30. The fourth-order valence-electron chi connectivity index (χ4n) is 2.16. The summed E-state index contributed by atoms with van der Waals surface area (Å²) in [4.78, 5) is 0.449. The molecule has 5 heteroatoms. The van der Waals surface area contributed by atoms with E-state index in [9.17, 15) is 8.76 Å². The first-order chi connectivity index (χ1) is 8.13. The molecule has 94 valence electrons. The molecule has 1 aromatic rings. The van der Waals surface area contributed by atoms with Gasteiger partial charge in [-0.25, -0.2) is 0 Å². The van der Waals surface area contributed by atoms with Gasteiger partial charge in [0.15, 0.2) is 0 Å². The third kappa shape index (κ3) is 2.93. The summed E-state index contributed by atoms with van der Waals surface area (Å²) in [5.41, 5.74) is 1.10. The van der Waals surface area contributed by atoms with Crippen LogP contribution in [-0.2, 0) is 14.6 Å². The predicted molar refractivity (Wildman–Crippen MR) is 69.0 cm³/mol. The second-order valence-corrected chi connectivity index (χ2v) is 6.24. The van der Waals surface area contributed by atoms with Crippen molar-refractivity contribution in [3.05, 3.63) is 29.8 Å². The highest BCUT2D eigenvalue weighted by Gasteiger charge is 2.27. The number of benzene rings is 1. The maximum Gasteiger partial charge on any atom is 0.322 e. The second kappa shape index (κ2) is 5.27. The van der Waals surface area contributed by atoms with E-state index >= 15 is 0 Å². The van der Waals surface area contributed by atoms with Crippen molar-refractivity contribution in [2.45, 2.75) is 30.2 Å². The zero-order valence-corrected chi connectivity index (χ0v) is 10.8. The maximum atomic E-state index is 11.8. The molecule has 2 atom stereocenters. The van der Waals surface area contributed by atoms with Gasteiger partial charge in [-0.1, -0.05) is 18.6 Å². The minimum Gasteiger partial charge on any atom is -0.310 e. The molecule has 2 rings (SSSR count). The molecular formula is C12H19N2O2S+. The van der Waals surface area contributed by atoms with Gasteiger partial charge in [0.1, 0.15) is 0 Å². The first kappa shape index (κ1) is 12.7. The van der Waals surface area contributed by atoms with Crippen LogP contribution in [0.25, 0.3) is 0 Å². The summed E-state index contributed by atoms with van der Waals surface area (Å²) < 4.78 is 24.0. The van der Waals surface area contributed by atoms with Crippen molar-refractivity contribution in [3.8, 4) is 0 Å². The molecule has 0 spiro atoms. The Morgan fingerprint density at radius 1 is 1.47 bits per heavy atom. The van der Waals surface area contributed by atoms with Crippen molar-refractivity contribution in [1.29, 1.82) is 0 Å². The molecule has 1 saturated heterocycles. The molecule has 3 N–H and O–H groups in total. The van der Waals surface area contributed by atoms with E-state index in [4.69, 9.17) is 0 Å². The van der Waals surface area contributed by atoms with Gasteiger partial charge in [0.05, 0.1) is 0 Å². The molecule has 1 aliphatic rings. The van der Waals surface area contributed by atoms with E-state index in [2.05, 4.69) is 10.0 Å². The first-order valence-electron chi connectivity index (χ1n) is 5.92. The molecule has 17 heavy (non-hydrogen) atoms. The topological polar surface area (TPSA) is 61.4 Å². The summed E-state index contributed by atoms with van der Waals surface area (Å²) in [6.07, 6.45) is 3.52. The lowest BCUT2D eigenvalue weighted by Gasteiger charge is -2.23. The minimum absolute atomic E-state index is 0.316. The van der Waals surface area contributed by atoms with Crippen molar-refractivity contribution < 1.29 is 8.76 Å². The Morgan fingerprint density at radius 2 is 2.29 bits per heavy atom. The fraction of sp³-hybridized carbons (Fsp3) is 0.500. The van der Waals surface area contributed by atoms with Crippen molar-refractivity contribution in [2.75, 3.05) is 13.6 Å². The Morgan fingerprint density at radius 3 is 2.94 bits per heavy atom. The molecule has 0 bridgehead atoms. The standard InChI is InChI=1S/C12H18N2O2S/c1-13-17(15,16)11-6-4-5-10(9-11)12-7-2-3-8-14-12/h4-6,9,12,14H,2-3,7-8H2,1H3,(H-,13,15,16)/p+1. The molecule has 1 aromatic carbocycles. The maximum absolute atomic E-state index is 11.8. The Balaban J connectivity index is 2.24. The Labute approximate surface area is 103 Å². The molecule has 1 heterocycles. The summed E-state index contributed by atoms with van der Waals surface area (Å²) in [5, 5.41) is 3.44. The predicted octanol–water partition coefficient (Wildman–Crippen LogP) is 1.97. The number of rotatable bonds is 3. The van der Waals surface area contributed by atoms with Gasteiger partial charge in [-0.05, 0) is 35.2 Å². The highest BCUT2D eigenvalue weighted by molar-refractivity contribution is 7.95. The van der Waals surface area contributed by atoms with E-state index in [0.717, 1.165) is 18.5 Å². The summed E-state index contributed by atoms with van der Waals surface area (Å²) in [7, 11) is -1.59. The molecule has 0 saturated carbocycles. The normalized spacial score (nSPS) is 24.2. The fourth-order valence-corrected chi connectivity index (χ4v) is 2.95.